The van der Waals surface area contributed by atoms with Gasteiger partial charge in [0.25, 0.3) is 0 Å². The van der Waals surface area contributed by atoms with Crippen molar-refractivity contribution >= 4 is 17.8 Å². The standard InChI is InChI=1S/C21H24N6O3/c1-13-4-6-16(7-5-13)19-18(26-8-9-30-21(26)29)12-27(25-19)20(28)24-15(3)17-11-22-14(2)10-23-17/h4-7,10-11,15,18H,8-9,12H2,1-3H3,(H,24,28)/t15-,18?/m1/s1. The molecule has 1 aromatic carbocycles. The fraction of sp³-hybridized carbons (Fsp3) is 0.381. The number of aromatic nitrogens is 2. The first-order valence-electron chi connectivity index (χ1n) is 9.88. The number of amides is 3. The Hall–Kier alpha value is -3.49. The number of nitrogens with one attached hydrogen (secondary N) is 1. The van der Waals surface area contributed by atoms with Crippen LogP contribution >= 0.6 is 0 Å². The molecule has 3 heterocycles. The summed E-state index contributed by atoms with van der Waals surface area (Å²) in [7, 11) is 0. The molecule has 0 bridgehead atoms. The third-order valence-electron chi connectivity index (χ3n) is 5.22. The minimum Gasteiger partial charge on any atom is -0.448 e. The van der Waals surface area contributed by atoms with Crippen molar-refractivity contribution in [1.82, 2.24) is 25.2 Å². The molecule has 0 saturated carbocycles. The number of nitrogens with zero attached hydrogens (tertiary/aromatic N) is 5. The van der Waals surface area contributed by atoms with Crippen LogP contribution in [0.4, 0.5) is 9.59 Å². The molecule has 2 aromatic rings. The van der Waals surface area contributed by atoms with Crippen LogP contribution in [0.15, 0.2) is 41.8 Å². The maximum Gasteiger partial charge on any atom is 0.410 e. The van der Waals surface area contributed by atoms with Crippen molar-refractivity contribution in [2.75, 3.05) is 19.7 Å². The number of hydrazone groups is 1. The zero-order valence-electron chi connectivity index (χ0n) is 17.2. The van der Waals surface area contributed by atoms with Crippen LogP contribution in [0.5, 0.6) is 0 Å². The molecule has 156 valence electrons. The summed E-state index contributed by atoms with van der Waals surface area (Å²) in [4.78, 5) is 35.2. The second kappa shape index (κ2) is 8.10. The van der Waals surface area contributed by atoms with E-state index in [4.69, 9.17) is 4.74 Å². The highest BCUT2D eigenvalue weighted by Gasteiger charge is 2.40. The van der Waals surface area contributed by atoms with Gasteiger partial charge in [-0.2, -0.15) is 5.10 Å². The average Bonchev–Trinajstić information content (AvgIpc) is 3.35. The minimum atomic E-state index is -0.384. The summed E-state index contributed by atoms with van der Waals surface area (Å²) in [6.45, 7) is 6.77. The molecule has 1 saturated heterocycles. The highest BCUT2D eigenvalue weighted by Crippen LogP contribution is 2.23. The molecule has 2 atom stereocenters. The molecule has 2 aliphatic rings. The second-order valence-electron chi connectivity index (χ2n) is 7.51. The van der Waals surface area contributed by atoms with Crippen LogP contribution < -0.4 is 5.32 Å². The first-order valence-corrected chi connectivity index (χ1v) is 9.88. The Morgan fingerprint density at radius 1 is 1.20 bits per heavy atom. The van der Waals surface area contributed by atoms with Crippen LogP contribution in [0, 0.1) is 13.8 Å². The monoisotopic (exact) mass is 408 g/mol. The lowest BCUT2D eigenvalue weighted by atomic mass is 10.0. The SMILES string of the molecule is Cc1ccc(C2=NN(C(=O)N[C@H](C)c3cnc(C)cn3)CC2N2CCOC2=O)cc1. The molecule has 1 unspecified atom stereocenters. The third kappa shape index (κ3) is 3.96. The van der Waals surface area contributed by atoms with Crippen molar-refractivity contribution in [3.8, 4) is 0 Å². The van der Waals surface area contributed by atoms with Gasteiger partial charge in [0.1, 0.15) is 6.61 Å². The zero-order valence-corrected chi connectivity index (χ0v) is 17.2. The third-order valence-corrected chi connectivity index (χ3v) is 5.22. The van der Waals surface area contributed by atoms with E-state index in [0.717, 1.165) is 16.8 Å². The fourth-order valence-corrected chi connectivity index (χ4v) is 3.49. The van der Waals surface area contributed by atoms with Crippen molar-refractivity contribution in [1.29, 1.82) is 0 Å². The molecule has 0 radical (unpaired) electrons. The van der Waals surface area contributed by atoms with Crippen molar-refractivity contribution < 1.29 is 14.3 Å². The largest absolute Gasteiger partial charge is 0.448 e. The number of carbonyl (C=O) groups is 2. The molecule has 4 rings (SSSR count). The van der Waals surface area contributed by atoms with Crippen molar-refractivity contribution in [2.24, 2.45) is 5.10 Å². The number of benzene rings is 1. The van der Waals surface area contributed by atoms with Crippen molar-refractivity contribution in [2.45, 2.75) is 32.9 Å². The lowest BCUT2D eigenvalue weighted by Crippen LogP contribution is -2.46. The van der Waals surface area contributed by atoms with Gasteiger partial charge in [0.2, 0.25) is 0 Å². The molecular formula is C21H24N6O3. The summed E-state index contributed by atoms with van der Waals surface area (Å²) in [5.74, 6) is 0. The van der Waals surface area contributed by atoms with E-state index in [0.29, 0.717) is 24.6 Å². The maximum absolute atomic E-state index is 12.9. The quantitative estimate of drug-likeness (QED) is 0.837. The molecule has 1 fully saturated rings. The lowest BCUT2D eigenvalue weighted by molar-refractivity contribution is 0.150. The number of carbonyl (C=O) groups excluding carboxylic acids is 2. The zero-order chi connectivity index (χ0) is 21.3. The van der Waals surface area contributed by atoms with Crippen LogP contribution in [-0.4, -0.2) is 63.5 Å². The van der Waals surface area contributed by atoms with E-state index in [1.165, 1.54) is 5.01 Å². The van der Waals surface area contributed by atoms with E-state index in [2.05, 4.69) is 20.4 Å². The second-order valence-corrected chi connectivity index (χ2v) is 7.51. The van der Waals surface area contributed by atoms with Crippen molar-refractivity contribution in [3.05, 3.63) is 59.2 Å². The Kier molecular flexibility index (Phi) is 5.35. The van der Waals surface area contributed by atoms with Gasteiger partial charge in [-0.3, -0.25) is 14.9 Å². The van der Waals surface area contributed by atoms with Gasteiger partial charge in [0.15, 0.2) is 0 Å². The lowest BCUT2D eigenvalue weighted by Gasteiger charge is -2.23. The Balaban J connectivity index is 1.55. The molecule has 9 nitrogen and oxygen atoms in total. The predicted octanol–water partition coefficient (Wildman–Crippen LogP) is 2.40. The summed E-state index contributed by atoms with van der Waals surface area (Å²) in [5, 5.41) is 8.83. The molecule has 1 aromatic heterocycles. The normalized spacial score (nSPS) is 19.5. The molecule has 3 amide bonds. The Morgan fingerprint density at radius 3 is 2.60 bits per heavy atom. The van der Waals surface area contributed by atoms with Gasteiger partial charge in [-0.15, -0.1) is 0 Å². The van der Waals surface area contributed by atoms with Gasteiger partial charge in [-0.05, 0) is 26.3 Å². The number of aryl methyl sites for hydroxylation is 2. The number of ether oxygens (including phenoxy) is 1. The molecule has 0 aliphatic carbocycles. The van der Waals surface area contributed by atoms with Gasteiger partial charge in [-0.25, -0.2) is 14.6 Å². The average molecular weight is 408 g/mol. The first kappa shape index (κ1) is 19.8. The maximum atomic E-state index is 12.9. The molecule has 1 N–H and O–H groups in total. The van der Waals surface area contributed by atoms with Crippen LogP contribution in [0.2, 0.25) is 0 Å². The molecule has 2 aliphatic heterocycles. The van der Waals surface area contributed by atoms with E-state index >= 15 is 0 Å². The van der Waals surface area contributed by atoms with E-state index in [1.807, 2.05) is 45.0 Å². The number of rotatable bonds is 4. The van der Waals surface area contributed by atoms with Crippen LogP contribution in [0.3, 0.4) is 0 Å². The van der Waals surface area contributed by atoms with Gasteiger partial charge >= 0.3 is 12.1 Å². The molecule has 30 heavy (non-hydrogen) atoms. The van der Waals surface area contributed by atoms with E-state index in [1.54, 1.807) is 17.3 Å². The predicted molar refractivity (Wildman–Crippen MR) is 110 cm³/mol. The van der Waals surface area contributed by atoms with E-state index in [-0.39, 0.29) is 30.8 Å². The highest BCUT2D eigenvalue weighted by molar-refractivity contribution is 6.07. The highest BCUT2D eigenvalue weighted by atomic mass is 16.6. The van der Waals surface area contributed by atoms with Gasteiger partial charge in [0.05, 0.1) is 48.5 Å². The number of hydrogen-bond acceptors (Lipinski definition) is 6. The van der Waals surface area contributed by atoms with E-state index < -0.39 is 0 Å². The Labute approximate surface area is 174 Å². The minimum absolute atomic E-state index is 0.260. The first-order chi connectivity index (χ1) is 14.4. The molecule has 9 heteroatoms. The Bertz CT molecular complexity index is 973. The van der Waals surface area contributed by atoms with Gasteiger partial charge in [0, 0.05) is 6.20 Å². The van der Waals surface area contributed by atoms with E-state index in [9.17, 15) is 9.59 Å². The number of urea groups is 1. The Morgan fingerprint density at radius 2 is 1.97 bits per heavy atom. The number of cyclic esters (lactones) is 1. The summed E-state index contributed by atoms with van der Waals surface area (Å²) >= 11 is 0. The molecular weight excluding hydrogens is 384 g/mol. The summed E-state index contributed by atoms with van der Waals surface area (Å²) in [5.41, 5.74) is 4.14. The summed E-state index contributed by atoms with van der Waals surface area (Å²) in [6, 6.07) is 6.82. The van der Waals surface area contributed by atoms with Crippen LogP contribution in [-0.2, 0) is 4.74 Å². The smallest absolute Gasteiger partial charge is 0.410 e. The summed E-state index contributed by atoms with van der Waals surface area (Å²) in [6.07, 6.45) is 2.93. The van der Waals surface area contributed by atoms with Gasteiger partial charge in [-0.1, -0.05) is 29.8 Å². The van der Waals surface area contributed by atoms with Crippen molar-refractivity contribution in [3.63, 3.8) is 0 Å². The van der Waals surface area contributed by atoms with Crippen LogP contribution in [0.25, 0.3) is 0 Å². The molecule has 0 spiro atoms. The summed E-state index contributed by atoms with van der Waals surface area (Å²) < 4.78 is 5.11. The topological polar surface area (TPSA) is 100 Å². The number of hydrogen-bond donors (Lipinski definition) is 1. The van der Waals surface area contributed by atoms with Crippen LogP contribution in [0.1, 0.15) is 35.5 Å². The fourth-order valence-electron chi connectivity index (χ4n) is 3.49. The van der Waals surface area contributed by atoms with Gasteiger partial charge < -0.3 is 10.1 Å².